The van der Waals surface area contributed by atoms with Crippen LogP contribution < -0.4 is 9.80 Å². The van der Waals surface area contributed by atoms with E-state index in [0.29, 0.717) is 0 Å². The van der Waals surface area contributed by atoms with Gasteiger partial charge in [0, 0.05) is 53.7 Å². The molecule has 0 aliphatic heterocycles. The van der Waals surface area contributed by atoms with Gasteiger partial charge in [-0.15, -0.1) is 0 Å². The van der Waals surface area contributed by atoms with Gasteiger partial charge in [0.1, 0.15) is 0 Å². The molecule has 2 aromatic heterocycles. The highest BCUT2D eigenvalue weighted by Gasteiger charge is 2.05. The molecule has 0 aliphatic rings. The third-order valence-electron chi connectivity index (χ3n) is 3.25. The number of aromatic nitrogens is 4. The fourth-order valence-electron chi connectivity index (χ4n) is 2.01. The van der Waals surface area contributed by atoms with Crippen molar-refractivity contribution in [3.8, 4) is 0 Å². The zero-order valence-corrected chi connectivity index (χ0v) is 12.1. The summed E-state index contributed by atoms with van der Waals surface area (Å²) >= 11 is 0. The van der Waals surface area contributed by atoms with Crippen molar-refractivity contribution in [1.82, 2.24) is 19.6 Å². The van der Waals surface area contributed by atoms with E-state index in [4.69, 9.17) is 0 Å². The van der Waals surface area contributed by atoms with Crippen molar-refractivity contribution < 1.29 is 0 Å². The van der Waals surface area contributed by atoms with Gasteiger partial charge in [0.25, 0.3) is 0 Å². The lowest BCUT2D eigenvalue weighted by atomic mass is 10.3. The Balaban J connectivity index is 1.77. The molecule has 19 heavy (non-hydrogen) atoms. The average molecular weight is 262 g/mol. The molecule has 0 bridgehead atoms. The largest absolute Gasteiger partial charge is 0.372 e. The van der Waals surface area contributed by atoms with Crippen LogP contribution in [0.2, 0.25) is 0 Å². The van der Waals surface area contributed by atoms with Gasteiger partial charge >= 0.3 is 0 Å². The SMILES string of the molecule is CN(CCCN(C)c1cnn(C)c1)c1cnn(C)c1. The third-order valence-corrected chi connectivity index (χ3v) is 3.25. The smallest absolute Gasteiger partial charge is 0.0749 e. The Kier molecular flexibility index (Phi) is 4.09. The molecule has 6 heteroatoms. The minimum atomic E-state index is 1.01. The summed E-state index contributed by atoms with van der Waals surface area (Å²) in [7, 11) is 8.07. The van der Waals surface area contributed by atoms with Crippen molar-refractivity contribution in [2.24, 2.45) is 14.1 Å². The molecule has 0 radical (unpaired) electrons. The van der Waals surface area contributed by atoms with Crippen LogP contribution in [0.15, 0.2) is 24.8 Å². The van der Waals surface area contributed by atoms with Crippen LogP contribution in [0, 0.1) is 0 Å². The first-order valence-electron chi connectivity index (χ1n) is 6.46. The molecule has 0 aliphatic carbocycles. The molecule has 6 nitrogen and oxygen atoms in total. The molecule has 2 heterocycles. The predicted octanol–water partition coefficient (Wildman–Crippen LogP) is 1.12. The Morgan fingerprint density at radius 2 is 1.32 bits per heavy atom. The van der Waals surface area contributed by atoms with Crippen LogP contribution in [0.5, 0.6) is 0 Å². The molecule has 0 fully saturated rings. The van der Waals surface area contributed by atoms with Crippen LogP contribution in [-0.2, 0) is 14.1 Å². The van der Waals surface area contributed by atoms with Crippen molar-refractivity contribution in [2.45, 2.75) is 6.42 Å². The highest BCUT2D eigenvalue weighted by molar-refractivity contribution is 5.42. The lowest BCUT2D eigenvalue weighted by Crippen LogP contribution is -2.24. The maximum atomic E-state index is 4.18. The van der Waals surface area contributed by atoms with Gasteiger partial charge in [-0.1, -0.05) is 0 Å². The van der Waals surface area contributed by atoms with Crippen molar-refractivity contribution in [3.63, 3.8) is 0 Å². The summed E-state index contributed by atoms with van der Waals surface area (Å²) in [5.74, 6) is 0. The summed E-state index contributed by atoms with van der Waals surface area (Å²) in [6.07, 6.45) is 8.95. The second kappa shape index (κ2) is 5.77. The van der Waals surface area contributed by atoms with Gasteiger partial charge in [-0.3, -0.25) is 9.36 Å². The van der Waals surface area contributed by atoms with Gasteiger partial charge in [-0.25, -0.2) is 0 Å². The summed E-state index contributed by atoms with van der Waals surface area (Å²) in [5.41, 5.74) is 2.32. The number of anilines is 2. The van der Waals surface area contributed by atoms with Crippen LogP contribution in [0.3, 0.4) is 0 Å². The predicted molar refractivity (Wildman–Crippen MR) is 77.6 cm³/mol. The summed E-state index contributed by atoms with van der Waals surface area (Å²) < 4.78 is 3.65. The molecule has 104 valence electrons. The zero-order valence-electron chi connectivity index (χ0n) is 12.1. The molecule has 0 saturated carbocycles. The molecule has 0 saturated heterocycles. The minimum absolute atomic E-state index is 1.01. The molecule has 0 N–H and O–H groups in total. The molecule has 2 rings (SSSR count). The number of nitrogens with zero attached hydrogens (tertiary/aromatic N) is 6. The Hall–Kier alpha value is -1.98. The molecule has 0 unspecified atom stereocenters. The van der Waals surface area contributed by atoms with Crippen molar-refractivity contribution in [3.05, 3.63) is 24.8 Å². The molecular weight excluding hydrogens is 240 g/mol. The van der Waals surface area contributed by atoms with Gasteiger partial charge in [-0.2, -0.15) is 10.2 Å². The number of aryl methyl sites for hydroxylation is 2. The van der Waals surface area contributed by atoms with Crippen LogP contribution in [-0.4, -0.2) is 46.7 Å². The summed E-state index contributed by atoms with van der Waals surface area (Å²) in [5, 5.41) is 8.37. The molecule has 0 atom stereocenters. The first kappa shape index (κ1) is 13.5. The van der Waals surface area contributed by atoms with Gasteiger partial charge in [0.15, 0.2) is 0 Å². The Morgan fingerprint density at radius 1 is 0.895 bits per heavy atom. The molecule has 0 amide bonds. The summed E-state index contributed by atoms with van der Waals surface area (Å²) in [6.45, 7) is 2.02. The maximum absolute atomic E-state index is 4.18. The van der Waals surface area contributed by atoms with E-state index >= 15 is 0 Å². The second-order valence-electron chi connectivity index (χ2n) is 4.94. The van der Waals surface area contributed by atoms with Crippen LogP contribution in [0.25, 0.3) is 0 Å². The van der Waals surface area contributed by atoms with Gasteiger partial charge in [0.2, 0.25) is 0 Å². The van der Waals surface area contributed by atoms with Gasteiger partial charge < -0.3 is 9.80 Å². The quantitative estimate of drug-likeness (QED) is 0.782. The fourth-order valence-corrected chi connectivity index (χ4v) is 2.01. The Labute approximate surface area is 114 Å². The number of hydrogen-bond donors (Lipinski definition) is 0. The van der Waals surface area contributed by atoms with Crippen molar-refractivity contribution in [2.75, 3.05) is 37.0 Å². The third kappa shape index (κ3) is 3.49. The Bertz CT molecular complexity index is 468. The molecule has 0 aromatic carbocycles. The van der Waals surface area contributed by atoms with Crippen LogP contribution in [0.1, 0.15) is 6.42 Å². The Morgan fingerprint density at radius 3 is 1.63 bits per heavy atom. The van der Waals surface area contributed by atoms with E-state index in [0.717, 1.165) is 30.9 Å². The molecular formula is C13H22N6. The minimum Gasteiger partial charge on any atom is -0.372 e. The average Bonchev–Trinajstić information content (AvgIpc) is 2.98. The van der Waals surface area contributed by atoms with Crippen LogP contribution in [0.4, 0.5) is 11.4 Å². The number of hydrogen-bond acceptors (Lipinski definition) is 4. The normalized spacial score (nSPS) is 10.7. The highest BCUT2D eigenvalue weighted by atomic mass is 15.3. The highest BCUT2D eigenvalue weighted by Crippen LogP contribution is 2.12. The first-order chi connectivity index (χ1) is 9.06. The van der Waals surface area contributed by atoms with E-state index in [-0.39, 0.29) is 0 Å². The van der Waals surface area contributed by atoms with E-state index < -0.39 is 0 Å². The maximum Gasteiger partial charge on any atom is 0.0749 e. The van der Waals surface area contributed by atoms with E-state index in [2.05, 4.69) is 34.1 Å². The monoisotopic (exact) mass is 262 g/mol. The fraction of sp³-hybridized carbons (Fsp3) is 0.538. The van der Waals surface area contributed by atoms with Gasteiger partial charge in [-0.05, 0) is 6.42 Å². The van der Waals surface area contributed by atoms with E-state index in [1.807, 2.05) is 48.2 Å². The molecule has 0 spiro atoms. The number of rotatable bonds is 6. The van der Waals surface area contributed by atoms with Crippen molar-refractivity contribution in [1.29, 1.82) is 0 Å². The lowest BCUT2D eigenvalue weighted by Gasteiger charge is -2.21. The topological polar surface area (TPSA) is 42.1 Å². The lowest BCUT2D eigenvalue weighted by molar-refractivity contribution is 0.755. The van der Waals surface area contributed by atoms with Crippen LogP contribution >= 0.6 is 0 Å². The standard InChI is InChI=1S/C13H22N6/c1-16(12-8-14-18(3)10-12)6-5-7-17(2)13-9-15-19(4)11-13/h8-11H,5-7H2,1-4H3. The van der Waals surface area contributed by atoms with E-state index in [1.165, 1.54) is 0 Å². The van der Waals surface area contributed by atoms with E-state index in [1.54, 1.807) is 0 Å². The molecule has 2 aromatic rings. The van der Waals surface area contributed by atoms with E-state index in [9.17, 15) is 0 Å². The zero-order chi connectivity index (χ0) is 13.8. The van der Waals surface area contributed by atoms with Crippen molar-refractivity contribution >= 4 is 11.4 Å². The van der Waals surface area contributed by atoms with Gasteiger partial charge in [0.05, 0.1) is 23.8 Å². The summed E-state index contributed by atoms with van der Waals surface area (Å²) in [4.78, 5) is 4.45. The first-order valence-corrected chi connectivity index (χ1v) is 6.46. The second-order valence-corrected chi connectivity index (χ2v) is 4.94. The summed E-state index contributed by atoms with van der Waals surface area (Å²) in [6, 6.07) is 0.